The van der Waals surface area contributed by atoms with E-state index in [1.165, 1.54) is 7.11 Å². The number of benzene rings is 2. The third kappa shape index (κ3) is 3.47. The number of nitrogens with zero attached hydrogens (tertiary/aromatic N) is 1. The van der Waals surface area contributed by atoms with E-state index in [0.29, 0.717) is 58.1 Å². The van der Waals surface area contributed by atoms with Gasteiger partial charge in [0.15, 0.2) is 0 Å². The Morgan fingerprint density at radius 2 is 1.04 bits per heavy atom. The van der Waals surface area contributed by atoms with Crippen LogP contribution in [-0.2, 0) is 0 Å². The lowest BCUT2D eigenvalue weighted by Gasteiger charge is -2.17. The monoisotopic (exact) mass is 465 g/mol. The molecule has 0 radical (unpaired) electrons. The second-order valence-corrected chi connectivity index (χ2v) is 7.59. The molecule has 0 unspecified atom stereocenters. The van der Waals surface area contributed by atoms with E-state index in [0.717, 1.165) is 0 Å². The van der Waals surface area contributed by atoms with Crippen LogP contribution in [0.2, 0.25) is 30.1 Å². The third-order valence-electron chi connectivity index (χ3n) is 3.73. The SMILES string of the molecule is COc1c(-c2c(Cl)ccc(Cl)c2Cl)cncc1-c1c(Cl)ccc(Cl)c1Cl. The fourth-order valence-corrected chi connectivity index (χ4v) is 4.04. The van der Waals surface area contributed by atoms with Crippen LogP contribution in [0.1, 0.15) is 0 Å². The van der Waals surface area contributed by atoms with Gasteiger partial charge in [0.25, 0.3) is 0 Å². The van der Waals surface area contributed by atoms with E-state index < -0.39 is 0 Å². The molecule has 0 saturated heterocycles. The Balaban J connectivity index is 2.37. The van der Waals surface area contributed by atoms with Crippen molar-refractivity contribution < 1.29 is 4.74 Å². The Hall–Kier alpha value is -0.870. The van der Waals surface area contributed by atoms with Gasteiger partial charge in [0, 0.05) is 34.6 Å². The van der Waals surface area contributed by atoms with Gasteiger partial charge >= 0.3 is 0 Å². The summed E-state index contributed by atoms with van der Waals surface area (Å²) < 4.78 is 5.62. The molecule has 0 aliphatic heterocycles. The van der Waals surface area contributed by atoms with E-state index >= 15 is 0 Å². The highest BCUT2D eigenvalue weighted by atomic mass is 35.5. The molecule has 0 saturated carbocycles. The lowest BCUT2D eigenvalue weighted by atomic mass is 9.99. The van der Waals surface area contributed by atoms with Crippen molar-refractivity contribution in [3.05, 3.63) is 66.8 Å². The molecule has 0 N–H and O–H groups in total. The number of halogens is 6. The minimum absolute atomic E-state index is 0.291. The predicted octanol–water partition coefficient (Wildman–Crippen LogP) is 8.34. The average molecular weight is 468 g/mol. The van der Waals surface area contributed by atoms with Crippen molar-refractivity contribution in [3.63, 3.8) is 0 Å². The van der Waals surface area contributed by atoms with Crippen molar-refractivity contribution >= 4 is 69.6 Å². The molecular formula is C18H9Cl6NO. The molecule has 0 aliphatic carbocycles. The fourth-order valence-electron chi connectivity index (χ4n) is 2.57. The van der Waals surface area contributed by atoms with Crippen LogP contribution in [0, 0.1) is 0 Å². The highest BCUT2D eigenvalue weighted by molar-refractivity contribution is 6.47. The molecule has 0 atom stereocenters. The van der Waals surface area contributed by atoms with Crippen LogP contribution in [0.15, 0.2) is 36.7 Å². The van der Waals surface area contributed by atoms with E-state index in [4.69, 9.17) is 74.3 Å². The molecule has 0 spiro atoms. The third-order valence-corrected chi connectivity index (χ3v) is 5.97. The molecule has 0 bridgehead atoms. The van der Waals surface area contributed by atoms with Crippen LogP contribution in [0.4, 0.5) is 0 Å². The molecule has 26 heavy (non-hydrogen) atoms. The lowest BCUT2D eigenvalue weighted by molar-refractivity contribution is 0.417. The Morgan fingerprint density at radius 3 is 1.42 bits per heavy atom. The van der Waals surface area contributed by atoms with E-state index in [-0.39, 0.29) is 0 Å². The quantitative estimate of drug-likeness (QED) is 0.361. The normalized spacial score (nSPS) is 10.9. The molecule has 2 aromatic carbocycles. The molecule has 1 aromatic heterocycles. The molecule has 8 heteroatoms. The molecule has 0 fully saturated rings. The first-order valence-corrected chi connectivity index (χ1v) is 9.43. The number of pyridine rings is 1. The molecule has 0 amide bonds. The Morgan fingerprint density at radius 1 is 0.654 bits per heavy atom. The van der Waals surface area contributed by atoms with Gasteiger partial charge in [-0.1, -0.05) is 69.6 Å². The molecule has 0 aliphatic rings. The van der Waals surface area contributed by atoms with Gasteiger partial charge in [-0.05, 0) is 24.3 Å². The smallest absolute Gasteiger partial charge is 0.137 e. The van der Waals surface area contributed by atoms with Crippen molar-refractivity contribution in [3.8, 4) is 28.0 Å². The highest BCUT2D eigenvalue weighted by Gasteiger charge is 2.22. The van der Waals surface area contributed by atoms with E-state index in [2.05, 4.69) is 4.98 Å². The summed E-state index contributed by atoms with van der Waals surface area (Å²) in [7, 11) is 1.51. The van der Waals surface area contributed by atoms with Crippen molar-refractivity contribution in [1.29, 1.82) is 0 Å². The second kappa shape index (κ2) is 8.02. The lowest BCUT2D eigenvalue weighted by Crippen LogP contribution is -1.96. The van der Waals surface area contributed by atoms with Crippen LogP contribution in [0.25, 0.3) is 22.3 Å². The van der Waals surface area contributed by atoms with E-state index in [1.54, 1.807) is 36.7 Å². The summed E-state index contributed by atoms with van der Waals surface area (Å²) in [6.07, 6.45) is 3.16. The zero-order valence-electron chi connectivity index (χ0n) is 13.1. The van der Waals surface area contributed by atoms with Gasteiger partial charge in [-0.3, -0.25) is 4.98 Å². The number of rotatable bonds is 3. The largest absolute Gasteiger partial charge is 0.495 e. The molecule has 3 rings (SSSR count). The Kier molecular flexibility index (Phi) is 6.13. The number of methoxy groups -OCH3 is 1. The molecule has 2 nitrogen and oxygen atoms in total. The second-order valence-electron chi connectivity index (χ2n) is 5.20. The van der Waals surface area contributed by atoms with Gasteiger partial charge < -0.3 is 4.74 Å². The van der Waals surface area contributed by atoms with Gasteiger partial charge in [-0.25, -0.2) is 0 Å². The van der Waals surface area contributed by atoms with Crippen LogP contribution < -0.4 is 4.74 Å². The van der Waals surface area contributed by atoms with E-state index in [1.807, 2.05) is 0 Å². The summed E-state index contributed by atoms with van der Waals surface area (Å²) in [4.78, 5) is 4.27. The van der Waals surface area contributed by atoms with Crippen LogP contribution in [0.5, 0.6) is 5.75 Å². The van der Waals surface area contributed by atoms with Crippen LogP contribution in [0.3, 0.4) is 0 Å². The van der Waals surface area contributed by atoms with Crippen molar-refractivity contribution in [2.24, 2.45) is 0 Å². The molecular weight excluding hydrogens is 459 g/mol. The minimum Gasteiger partial charge on any atom is -0.495 e. The topological polar surface area (TPSA) is 22.1 Å². The zero-order chi connectivity index (χ0) is 19.0. The maximum atomic E-state index is 6.38. The standard InChI is InChI=1S/C18H9Cl6NO/c1-26-18-8(14-10(19)2-4-12(21)16(14)23)6-25-7-9(18)15-11(20)3-5-13(22)17(15)24/h2-7H,1H3. The van der Waals surface area contributed by atoms with Gasteiger partial charge in [-0.2, -0.15) is 0 Å². The zero-order valence-corrected chi connectivity index (χ0v) is 17.6. The van der Waals surface area contributed by atoms with Crippen molar-refractivity contribution in [1.82, 2.24) is 4.98 Å². The number of ether oxygens (including phenoxy) is 1. The first-order chi connectivity index (χ1) is 12.4. The maximum Gasteiger partial charge on any atom is 0.137 e. The van der Waals surface area contributed by atoms with Crippen molar-refractivity contribution in [2.45, 2.75) is 0 Å². The Bertz CT molecular complexity index is 930. The summed E-state index contributed by atoms with van der Waals surface area (Å²) in [6.45, 7) is 0. The summed E-state index contributed by atoms with van der Waals surface area (Å²) in [6, 6.07) is 6.53. The van der Waals surface area contributed by atoms with Gasteiger partial charge in [0.1, 0.15) is 5.75 Å². The van der Waals surface area contributed by atoms with Gasteiger partial charge in [0.2, 0.25) is 0 Å². The van der Waals surface area contributed by atoms with Gasteiger partial charge in [-0.15, -0.1) is 0 Å². The summed E-state index contributed by atoms with van der Waals surface area (Å²) >= 11 is 37.7. The summed E-state index contributed by atoms with van der Waals surface area (Å²) in [5.41, 5.74) is 2.10. The van der Waals surface area contributed by atoms with Crippen LogP contribution >= 0.6 is 69.6 Å². The highest BCUT2D eigenvalue weighted by Crippen LogP contribution is 2.48. The Labute approximate surface area is 180 Å². The maximum absolute atomic E-state index is 6.38. The van der Waals surface area contributed by atoms with Crippen molar-refractivity contribution in [2.75, 3.05) is 7.11 Å². The number of hydrogen-bond donors (Lipinski definition) is 0. The molecule has 134 valence electrons. The molecule has 3 aromatic rings. The van der Waals surface area contributed by atoms with Crippen LogP contribution in [-0.4, -0.2) is 12.1 Å². The number of aromatic nitrogens is 1. The van der Waals surface area contributed by atoms with E-state index in [9.17, 15) is 0 Å². The minimum atomic E-state index is 0.291. The first-order valence-electron chi connectivity index (χ1n) is 7.16. The predicted molar refractivity (Wildman–Crippen MR) is 112 cm³/mol. The first kappa shape index (κ1) is 19.9. The van der Waals surface area contributed by atoms with Gasteiger partial charge in [0.05, 0.1) is 37.2 Å². The molecule has 1 heterocycles. The number of hydrogen-bond acceptors (Lipinski definition) is 2. The average Bonchev–Trinajstić information content (AvgIpc) is 2.62. The summed E-state index contributed by atoms with van der Waals surface area (Å²) in [5, 5.41) is 2.11. The fraction of sp³-hybridized carbons (Fsp3) is 0.0556. The summed E-state index contributed by atoms with van der Waals surface area (Å²) in [5.74, 6) is 0.442.